The molecule has 1 N–H and O–H groups in total. The van der Waals surface area contributed by atoms with Crippen molar-refractivity contribution in [2.75, 3.05) is 5.75 Å². The Morgan fingerprint density at radius 1 is 0.967 bits per heavy atom. The van der Waals surface area contributed by atoms with Crippen LogP contribution in [0.4, 0.5) is 0 Å². The van der Waals surface area contributed by atoms with Gasteiger partial charge in [-0.15, -0.1) is 0 Å². The summed E-state index contributed by atoms with van der Waals surface area (Å²) in [5.41, 5.74) is 5.08. The summed E-state index contributed by atoms with van der Waals surface area (Å²) in [7, 11) is 0. The maximum absolute atomic E-state index is 12.2. The molecule has 0 atom stereocenters. The molecule has 1 amide bonds. The number of hydrogen-bond donors (Lipinski definition) is 1. The minimum atomic E-state index is -0.219. The van der Waals surface area contributed by atoms with Crippen LogP contribution >= 0.6 is 11.8 Å². The minimum Gasteiger partial charge on any atom is -0.431 e. The number of benzene rings is 4. The second-order valence-electron chi connectivity index (χ2n) is 6.76. The van der Waals surface area contributed by atoms with E-state index in [0.717, 1.165) is 32.6 Å². The molecule has 5 rings (SSSR count). The van der Waals surface area contributed by atoms with Crippen molar-refractivity contribution in [1.82, 2.24) is 10.4 Å². The fourth-order valence-corrected chi connectivity index (χ4v) is 4.06. The van der Waals surface area contributed by atoms with E-state index in [1.165, 1.54) is 11.8 Å². The van der Waals surface area contributed by atoms with Crippen molar-refractivity contribution in [3.05, 3.63) is 84.4 Å². The van der Waals surface area contributed by atoms with Crippen molar-refractivity contribution < 1.29 is 9.21 Å². The van der Waals surface area contributed by atoms with E-state index in [1.807, 2.05) is 48.5 Å². The van der Waals surface area contributed by atoms with Gasteiger partial charge in [0.2, 0.25) is 0 Å². The Kier molecular flexibility index (Phi) is 4.91. The molecular weight excluding hydrogens is 394 g/mol. The van der Waals surface area contributed by atoms with Crippen LogP contribution in [-0.4, -0.2) is 22.9 Å². The average Bonchev–Trinajstić information content (AvgIpc) is 3.20. The number of fused-ring (bicyclic) bond motifs is 3. The van der Waals surface area contributed by atoms with Crippen molar-refractivity contribution in [2.45, 2.75) is 5.22 Å². The van der Waals surface area contributed by atoms with Crippen LogP contribution in [0.5, 0.6) is 0 Å². The number of nitrogens with zero attached hydrogens (tertiary/aromatic N) is 2. The first-order chi connectivity index (χ1) is 14.8. The van der Waals surface area contributed by atoms with Gasteiger partial charge in [0.25, 0.3) is 11.1 Å². The number of thioether (sulfide) groups is 1. The number of hydrogen-bond acceptors (Lipinski definition) is 5. The van der Waals surface area contributed by atoms with Crippen LogP contribution in [0.3, 0.4) is 0 Å². The van der Waals surface area contributed by atoms with Crippen molar-refractivity contribution in [2.24, 2.45) is 5.10 Å². The summed E-state index contributed by atoms with van der Waals surface area (Å²) in [6.07, 6.45) is 1.71. The normalized spacial score (nSPS) is 11.6. The zero-order chi connectivity index (χ0) is 20.3. The molecule has 146 valence electrons. The van der Waals surface area contributed by atoms with Crippen LogP contribution in [0, 0.1) is 0 Å². The van der Waals surface area contributed by atoms with Crippen LogP contribution < -0.4 is 5.43 Å². The molecule has 5 aromatic rings. The predicted octanol–water partition coefficient (Wildman–Crippen LogP) is 5.38. The van der Waals surface area contributed by atoms with Gasteiger partial charge in [-0.2, -0.15) is 5.10 Å². The Labute approximate surface area is 176 Å². The van der Waals surface area contributed by atoms with Crippen LogP contribution in [0.1, 0.15) is 5.56 Å². The van der Waals surface area contributed by atoms with Gasteiger partial charge in [-0.05, 0) is 39.7 Å². The summed E-state index contributed by atoms with van der Waals surface area (Å²) < 4.78 is 5.62. The highest BCUT2D eigenvalue weighted by molar-refractivity contribution is 7.99. The number of nitrogens with one attached hydrogen (secondary N) is 1. The molecule has 4 aromatic carbocycles. The first-order valence-corrected chi connectivity index (χ1v) is 10.5. The molecule has 0 aliphatic carbocycles. The molecule has 0 bridgehead atoms. The second-order valence-corrected chi connectivity index (χ2v) is 7.69. The summed E-state index contributed by atoms with van der Waals surface area (Å²) in [6, 6.07) is 26.0. The number of para-hydroxylation sites is 2. The lowest BCUT2D eigenvalue weighted by molar-refractivity contribution is -0.118. The number of rotatable bonds is 5. The Hall–Kier alpha value is -3.64. The Bertz CT molecular complexity index is 1320. The van der Waals surface area contributed by atoms with Crippen molar-refractivity contribution in [3.63, 3.8) is 0 Å². The lowest BCUT2D eigenvalue weighted by Gasteiger charge is -2.07. The molecule has 0 aliphatic heterocycles. The summed E-state index contributed by atoms with van der Waals surface area (Å²) in [6.45, 7) is 0. The second kappa shape index (κ2) is 8.00. The molecule has 1 aromatic heterocycles. The summed E-state index contributed by atoms with van der Waals surface area (Å²) >= 11 is 1.24. The summed E-state index contributed by atoms with van der Waals surface area (Å²) in [5, 5.41) is 9.13. The summed E-state index contributed by atoms with van der Waals surface area (Å²) in [4.78, 5) is 16.6. The maximum Gasteiger partial charge on any atom is 0.257 e. The van der Waals surface area contributed by atoms with E-state index in [4.69, 9.17) is 4.42 Å². The minimum absolute atomic E-state index is 0.167. The standard InChI is InChI=1S/C24H17N3O2S/c28-23(15-30-24-26-21-11-5-6-12-22(21)29-24)27-25-14-20-18-9-3-1-7-16(18)13-17-8-2-4-10-19(17)20/h1-14H,15H2,(H,27,28)/b25-14+. The van der Waals surface area contributed by atoms with Gasteiger partial charge in [0.05, 0.1) is 12.0 Å². The molecule has 1 heterocycles. The number of carbonyl (C=O) groups is 1. The SMILES string of the molecule is O=C(CSc1nc2ccccc2o1)N/N=C/c1c2ccccc2cc2ccccc12. The third-order valence-corrected chi connectivity index (χ3v) is 5.62. The average molecular weight is 411 g/mol. The molecule has 0 radical (unpaired) electrons. The molecule has 0 saturated carbocycles. The van der Waals surface area contributed by atoms with E-state index in [9.17, 15) is 4.79 Å². The van der Waals surface area contributed by atoms with Gasteiger partial charge < -0.3 is 4.42 Å². The van der Waals surface area contributed by atoms with Crippen LogP contribution in [0.2, 0.25) is 0 Å². The zero-order valence-corrected chi connectivity index (χ0v) is 16.7. The van der Waals surface area contributed by atoms with Crippen LogP contribution in [0.25, 0.3) is 32.6 Å². The van der Waals surface area contributed by atoms with Crippen molar-refractivity contribution >= 4 is 56.5 Å². The fraction of sp³-hybridized carbons (Fsp3) is 0.0417. The van der Waals surface area contributed by atoms with Gasteiger partial charge in [0, 0.05) is 5.56 Å². The smallest absolute Gasteiger partial charge is 0.257 e. The van der Waals surface area contributed by atoms with E-state index in [1.54, 1.807) is 6.21 Å². The third-order valence-electron chi connectivity index (χ3n) is 4.80. The number of oxazole rings is 1. The number of carbonyl (C=O) groups excluding carboxylic acids is 1. The van der Waals surface area contributed by atoms with Crippen LogP contribution in [-0.2, 0) is 4.79 Å². The fourth-order valence-electron chi connectivity index (χ4n) is 3.43. The van der Waals surface area contributed by atoms with E-state index in [2.05, 4.69) is 45.8 Å². The topological polar surface area (TPSA) is 67.5 Å². The predicted molar refractivity (Wildman–Crippen MR) is 122 cm³/mol. The molecule has 6 heteroatoms. The van der Waals surface area contributed by atoms with Gasteiger partial charge in [-0.25, -0.2) is 10.4 Å². The van der Waals surface area contributed by atoms with E-state index >= 15 is 0 Å². The molecule has 0 saturated heterocycles. The quantitative estimate of drug-likeness (QED) is 0.183. The Morgan fingerprint density at radius 3 is 2.37 bits per heavy atom. The third kappa shape index (κ3) is 3.65. The Balaban J connectivity index is 1.32. The zero-order valence-electron chi connectivity index (χ0n) is 15.9. The monoisotopic (exact) mass is 411 g/mol. The number of amides is 1. The molecule has 0 spiro atoms. The first-order valence-electron chi connectivity index (χ1n) is 9.49. The maximum atomic E-state index is 12.2. The Morgan fingerprint density at radius 2 is 1.63 bits per heavy atom. The van der Waals surface area contributed by atoms with Crippen molar-refractivity contribution in [3.8, 4) is 0 Å². The molecule has 0 aliphatic rings. The molecule has 5 nitrogen and oxygen atoms in total. The van der Waals surface area contributed by atoms with E-state index in [-0.39, 0.29) is 11.7 Å². The highest BCUT2D eigenvalue weighted by Gasteiger charge is 2.09. The lowest BCUT2D eigenvalue weighted by Crippen LogP contribution is -2.19. The van der Waals surface area contributed by atoms with Gasteiger partial charge in [-0.1, -0.05) is 72.4 Å². The van der Waals surface area contributed by atoms with Gasteiger partial charge in [-0.3, -0.25) is 4.79 Å². The largest absolute Gasteiger partial charge is 0.431 e. The highest BCUT2D eigenvalue weighted by Crippen LogP contribution is 2.27. The van der Waals surface area contributed by atoms with Crippen molar-refractivity contribution in [1.29, 1.82) is 0 Å². The number of aromatic nitrogens is 1. The molecular formula is C24H17N3O2S. The first kappa shape index (κ1) is 18.4. The van der Waals surface area contributed by atoms with E-state index < -0.39 is 0 Å². The number of hydrazone groups is 1. The van der Waals surface area contributed by atoms with Crippen LogP contribution in [0.15, 0.2) is 93.6 Å². The molecule has 30 heavy (non-hydrogen) atoms. The van der Waals surface area contributed by atoms with Gasteiger partial charge >= 0.3 is 0 Å². The van der Waals surface area contributed by atoms with Gasteiger partial charge in [0.1, 0.15) is 5.52 Å². The van der Waals surface area contributed by atoms with E-state index in [0.29, 0.717) is 10.8 Å². The van der Waals surface area contributed by atoms with Gasteiger partial charge in [0.15, 0.2) is 5.58 Å². The summed E-state index contributed by atoms with van der Waals surface area (Å²) in [5.74, 6) is -0.0523. The molecule has 0 fully saturated rings. The lowest BCUT2D eigenvalue weighted by atomic mass is 9.97. The molecule has 0 unspecified atom stereocenters. The highest BCUT2D eigenvalue weighted by atomic mass is 32.2.